The molecule has 1 aliphatic heterocycles. The van der Waals surface area contributed by atoms with E-state index in [0.29, 0.717) is 0 Å². The smallest absolute Gasteiger partial charge is 0.140 e. The Morgan fingerprint density at radius 2 is 1.02 bits per heavy atom. The highest BCUT2D eigenvalue weighted by atomic mass is 16.5. The first-order valence-electron chi connectivity index (χ1n) is 21.5. The number of fused-ring (bicyclic) bond motifs is 13. The Kier molecular flexibility index (Phi) is 7.57. The summed E-state index contributed by atoms with van der Waals surface area (Å²) in [6.45, 7) is 9.59. The molecule has 0 fully saturated rings. The molecule has 3 aliphatic rings. The first-order chi connectivity index (χ1) is 29.8. The van der Waals surface area contributed by atoms with Crippen LogP contribution in [-0.4, -0.2) is 0 Å². The van der Waals surface area contributed by atoms with E-state index in [1.54, 1.807) is 0 Å². The summed E-state index contributed by atoms with van der Waals surface area (Å²) in [5.41, 5.74) is 17.5. The van der Waals surface area contributed by atoms with Crippen LogP contribution in [0.3, 0.4) is 0 Å². The molecular formula is C59H45NO. The van der Waals surface area contributed by atoms with E-state index in [1.807, 2.05) is 0 Å². The number of para-hydroxylation sites is 1. The molecule has 1 atom stereocenters. The van der Waals surface area contributed by atoms with Gasteiger partial charge >= 0.3 is 0 Å². The average Bonchev–Trinajstić information content (AvgIpc) is 3.53. The molecule has 0 aromatic heterocycles. The Balaban J connectivity index is 1.17. The summed E-state index contributed by atoms with van der Waals surface area (Å²) >= 11 is 0. The molecule has 2 aliphatic carbocycles. The fraction of sp³-hybridized carbons (Fsp3) is 0.119. The number of nitrogens with zero attached hydrogens (tertiary/aromatic N) is 1. The first kappa shape index (κ1) is 35.8. The predicted molar refractivity (Wildman–Crippen MR) is 252 cm³/mol. The Bertz CT molecular complexity index is 3230. The van der Waals surface area contributed by atoms with E-state index in [1.165, 1.54) is 72.3 Å². The molecule has 0 radical (unpaired) electrons. The van der Waals surface area contributed by atoms with Gasteiger partial charge in [0.1, 0.15) is 11.5 Å². The van der Waals surface area contributed by atoms with Crippen molar-refractivity contribution in [2.75, 3.05) is 4.90 Å². The van der Waals surface area contributed by atoms with Crippen molar-refractivity contribution >= 4 is 27.8 Å². The van der Waals surface area contributed by atoms with Gasteiger partial charge in [-0.1, -0.05) is 191 Å². The lowest BCUT2D eigenvalue weighted by Gasteiger charge is -2.51. The fourth-order valence-electron chi connectivity index (χ4n) is 11.4. The third-order valence-corrected chi connectivity index (χ3v) is 14.2. The maximum atomic E-state index is 7.04. The van der Waals surface area contributed by atoms with Crippen molar-refractivity contribution in [3.63, 3.8) is 0 Å². The minimum absolute atomic E-state index is 0.151. The van der Waals surface area contributed by atoms with Crippen molar-refractivity contribution in [2.24, 2.45) is 0 Å². The van der Waals surface area contributed by atoms with E-state index in [-0.39, 0.29) is 10.8 Å². The molecule has 2 nitrogen and oxygen atoms in total. The maximum Gasteiger partial charge on any atom is 0.140 e. The van der Waals surface area contributed by atoms with Gasteiger partial charge < -0.3 is 9.64 Å². The Morgan fingerprint density at radius 1 is 0.393 bits per heavy atom. The number of hydrogen-bond acceptors (Lipinski definition) is 2. The molecule has 292 valence electrons. The molecule has 1 heterocycles. The monoisotopic (exact) mass is 783 g/mol. The van der Waals surface area contributed by atoms with Crippen LogP contribution in [0.15, 0.2) is 200 Å². The molecule has 9 aromatic rings. The molecule has 0 amide bonds. The van der Waals surface area contributed by atoms with E-state index in [4.69, 9.17) is 4.74 Å². The van der Waals surface area contributed by atoms with Crippen LogP contribution in [0.4, 0.5) is 17.1 Å². The molecule has 61 heavy (non-hydrogen) atoms. The lowest BCUT2D eigenvalue weighted by Crippen LogP contribution is -2.44. The number of ether oxygens (including phenoxy) is 1. The first-order valence-corrected chi connectivity index (χ1v) is 21.5. The van der Waals surface area contributed by atoms with Crippen molar-refractivity contribution < 1.29 is 4.74 Å². The van der Waals surface area contributed by atoms with Gasteiger partial charge in [-0.15, -0.1) is 0 Å². The molecule has 0 bridgehead atoms. The zero-order chi connectivity index (χ0) is 41.1. The minimum Gasteiger partial charge on any atom is -0.456 e. The quantitative estimate of drug-likeness (QED) is 0.176. The minimum atomic E-state index is -0.657. The van der Waals surface area contributed by atoms with E-state index >= 15 is 0 Å². The fourth-order valence-corrected chi connectivity index (χ4v) is 11.4. The largest absolute Gasteiger partial charge is 0.456 e. The molecule has 1 unspecified atom stereocenters. The number of hydrogen-bond donors (Lipinski definition) is 0. The number of benzene rings is 9. The maximum absolute atomic E-state index is 7.04. The summed E-state index contributed by atoms with van der Waals surface area (Å²) in [7, 11) is 0. The van der Waals surface area contributed by atoms with Gasteiger partial charge in [0.2, 0.25) is 0 Å². The van der Waals surface area contributed by atoms with Crippen LogP contribution in [0, 0.1) is 0 Å². The standard InChI is InChI=1S/C59H45NO/c1-57(2)46-22-11-10-21-44(46)45-35-34-42(37-52(45)57)60(41-32-29-39(30-33-41)38-17-6-5-7-18-38)53-27-16-26-50-55(53)58(3,4)47-23-12-13-24-48(47)59(50)49-25-14-15-28-54(49)61-56-43-20-9-8-19-40(43)31-36-51(56)59/h5-37H,1-4H3. The SMILES string of the molecule is CC1(C)c2ccccc2-c2ccc(N(c3ccc(-c4ccccc4)cc3)c3cccc4c3C(C)(C)c3ccccc3C43c4ccccc4Oc4c3ccc3ccccc43)cc21. The van der Waals surface area contributed by atoms with Gasteiger partial charge in [0.15, 0.2) is 0 Å². The molecule has 0 saturated heterocycles. The van der Waals surface area contributed by atoms with Gasteiger partial charge in [-0.25, -0.2) is 0 Å². The number of anilines is 3. The van der Waals surface area contributed by atoms with Crippen LogP contribution in [0.25, 0.3) is 33.0 Å². The Morgan fingerprint density at radius 3 is 1.84 bits per heavy atom. The average molecular weight is 784 g/mol. The summed E-state index contributed by atoms with van der Waals surface area (Å²) in [5.74, 6) is 1.82. The summed E-state index contributed by atoms with van der Waals surface area (Å²) in [6, 6.07) is 74.1. The van der Waals surface area contributed by atoms with Gasteiger partial charge in [0.05, 0.1) is 11.1 Å². The van der Waals surface area contributed by atoms with Gasteiger partial charge in [-0.3, -0.25) is 0 Å². The summed E-state index contributed by atoms with van der Waals surface area (Å²) in [6.07, 6.45) is 0. The molecule has 9 aromatic carbocycles. The van der Waals surface area contributed by atoms with E-state index in [0.717, 1.165) is 33.8 Å². The van der Waals surface area contributed by atoms with Crippen LogP contribution < -0.4 is 9.64 Å². The zero-order valence-electron chi connectivity index (χ0n) is 34.9. The molecule has 1 spiro atoms. The highest BCUT2D eigenvalue weighted by Crippen LogP contribution is 2.64. The summed E-state index contributed by atoms with van der Waals surface area (Å²) in [5, 5.41) is 2.29. The highest BCUT2D eigenvalue weighted by Gasteiger charge is 2.54. The van der Waals surface area contributed by atoms with Gasteiger partial charge in [0.25, 0.3) is 0 Å². The third-order valence-electron chi connectivity index (χ3n) is 14.2. The van der Waals surface area contributed by atoms with Crippen molar-refractivity contribution in [1.29, 1.82) is 0 Å². The van der Waals surface area contributed by atoms with Crippen LogP contribution in [0.2, 0.25) is 0 Å². The van der Waals surface area contributed by atoms with Crippen molar-refractivity contribution in [3.8, 4) is 33.8 Å². The lowest BCUT2D eigenvalue weighted by atomic mass is 9.53. The van der Waals surface area contributed by atoms with Crippen molar-refractivity contribution in [1.82, 2.24) is 0 Å². The van der Waals surface area contributed by atoms with E-state index in [9.17, 15) is 0 Å². The number of rotatable bonds is 4. The van der Waals surface area contributed by atoms with Crippen LogP contribution in [0.5, 0.6) is 11.5 Å². The molecule has 12 rings (SSSR count). The predicted octanol–water partition coefficient (Wildman–Crippen LogP) is 15.4. The second kappa shape index (κ2) is 12.9. The molecule has 0 N–H and O–H groups in total. The van der Waals surface area contributed by atoms with E-state index in [2.05, 4.69) is 233 Å². The van der Waals surface area contributed by atoms with Gasteiger partial charge in [0, 0.05) is 38.7 Å². The summed E-state index contributed by atoms with van der Waals surface area (Å²) < 4.78 is 7.04. The summed E-state index contributed by atoms with van der Waals surface area (Å²) in [4.78, 5) is 2.53. The second-order valence-corrected chi connectivity index (χ2v) is 18.0. The molecule has 2 heteroatoms. The van der Waals surface area contributed by atoms with Crippen LogP contribution >= 0.6 is 0 Å². The van der Waals surface area contributed by atoms with Crippen LogP contribution in [0.1, 0.15) is 72.2 Å². The van der Waals surface area contributed by atoms with Gasteiger partial charge in [-0.2, -0.15) is 0 Å². The zero-order valence-corrected chi connectivity index (χ0v) is 34.9. The highest BCUT2D eigenvalue weighted by molar-refractivity contribution is 5.94. The van der Waals surface area contributed by atoms with Crippen molar-refractivity contribution in [3.05, 3.63) is 245 Å². The molecular weight excluding hydrogens is 739 g/mol. The van der Waals surface area contributed by atoms with Crippen LogP contribution in [-0.2, 0) is 16.2 Å². The Hall–Kier alpha value is -7.16. The normalized spacial score (nSPS) is 17.0. The third kappa shape index (κ3) is 4.91. The van der Waals surface area contributed by atoms with Crippen molar-refractivity contribution in [2.45, 2.75) is 43.9 Å². The van der Waals surface area contributed by atoms with Gasteiger partial charge in [-0.05, 0) is 97.4 Å². The molecule has 0 saturated carbocycles. The second-order valence-electron chi connectivity index (χ2n) is 18.0. The lowest BCUT2D eigenvalue weighted by molar-refractivity contribution is 0.430. The van der Waals surface area contributed by atoms with E-state index < -0.39 is 5.41 Å². The Labute approximate surface area is 358 Å². The topological polar surface area (TPSA) is 12.5 Å².